The van der Waals surface area contributed by atoms with Crippen LogP contribution in [0.5, 0.6) is 0 Å². The Morgan fingerprint density at radius 3 is 2.79 bits per heavy atom. The summed E-state index contributed by atoms with van der Waals surface area (Å²) in [5, 5.41) is 10.5. The standard InChI is InChI=1S/C10H13NO3/c1-9(11(12)13)8-10(14-2)6-4-3-5-7-10/h3-6,8H,7H2,1-2H3. The predicted octanol–water partition coefficient (Wildman–Crippen LogP) is 2.07. The van der Waals surface area contributed by atoms with Gasteiger partial charge in [0.1, 0.15) is 5.60 Å². The van der Waals surface area contributed by atoms with Gasteiger partial charge in [-0.1, -0.05) is 18.2 Å². The van der Waals surface area contributed by atoms with Crippen LogP contribution in [-0.2, 0) is 4.74 Å². The highest BCUT2D eigenvalue weighted by molar-refractivity contribution is 5.25. The van der Waals surface area contributed by atoms with Crippen LogP contribution in [0.25, 0.3) is 0 Å². The lowest BCUT2D eigenvalue weighted by atomic mass is 9.94. The topological polar surface area (TPSA) is 52.4 Å². The maximum atomic E-state index is 10.5. The van der Waals surface area contributed by atoms with Gasteiger partial charge in [0.15, 0.2) is 0 Å². The maximum absolute atomic E-state index is 10.5. The molecule has 0 N–H and O–H groups in total. The van der Waals surface area contributed by atoms with Gasteiger partial charge >= 0.3 is 0 Å². The number of rotatable bonds is 3. The van der Waals surface area contributed by atoms with Crippen LogP contribution in [0.15, 0.2) is 36.1 Å². The molecule has 0 fully saturated rings. The van der Waals surface area contributed by atoms with E-state index in [1.54, 1.807) is 7.11 Å². The Morgan fingerprint density at radius 1 is 1.64 bits per heavy atom. The van der Waals surface area contributed by atoms with Crippen molar-refractivity contribution in [1.82, 2.24) is 0 Å². The van der Waals surface area contributed by atoms with Crippen LogP contribution in [0.3, 0.4) is 0 Å². The minimum absolute atomic E-state index is 0.104. The van der Waals surface area contributed by atoms with E-state index < -0.39 is 10.5 Å². The zero-order valence-electron chi connectivity index (χ0n) is 8.27. The lowest BCUT2D eigenvalue weighted by Gasteiger charge is -2.25. The molecule has 14 heavy (non-hydrogen) atoms. The van der Waals surface area contributed by atoms with Gasteiger partial charge in [-0.2, -0.15) is 0 Å². The largest absolute Gasteiger partial charge is 0.369 e. The average molecular weight is 195 g/mol. The van der Waals surface area contributed by atoms with Crippen LogP contribution < -0.4 is 0 Å². The molecule has 76 valence electrons. The van der Waals surface area contributed by atoms with Gasteiger partial charge in [0.05, 0.1) is 4.92 Å². The molecular weight excluding hydrogens is 182 g/mol. The molecule has 1 aliphatic rings. The van der Waals surface area contributed by atoms with E-state index in [1.807, 2.05) is 24.3 Å². The summed E-state index contributed by atoms with van der Waals surface area (Å²) >= 11 is 0. The second kappa shape index (κ2) is 4.19. The van der Waals surface area contributed by atoms with Gasteiger partial charge in [0, 0.05) is 26.5 Å². The summed E-state index contributed by atoms with van der Waals surface area (Å²) < 4.78 is 5.28. The third-order valence-corrected chi connectivity index (χ3v) is 2.18. The van der Waals surface area contributed by atoms with E-state index in [0.29, 0.717) is 6.42 Å². The van der Waals surface area contributed by atoms with Gasteiger partial charge in [-0.05, 0) is 6.08 Å². The zero-order valence-corrected chi connectivity index (χ0v) is 8.27. The van der Waals surface area contributed by atoms with Crippen molar-refractivity contribution in [3.05, 3.63) is 46.2 Å². The van der Waals surface area contributed by atoms with Crippen molar-refractivity contribution in [2.24, 2.45) is 0 Å². The second-order valence-corrected chi connectivity index (χ2v) is 3.19. The Labute approximate surface area is 82.7 Å². The predicted molar refractivity (Wildman–Crippen MR) is 53.4 cm³/mol. The molecule has 0 spiro atoms. The van der Waals surface area contributed by atoms with Gasteiger partial charge < -0.3 is 4.74 Å². The van der Waals surface area contributed by atoms with E-state index in [9.17, 15) is 10.1 Å². The summed E-state index contributed by atoms with van der Waals surface area (Å²) in [6, 6.07) is 0. The Bertz CT molecular complexity index is 317. The molecule has 1 aliphatic carbocycles. The number of nitro groups is 1. The highest BCUT2D eigenvalue weighted by Crippen LogP contribution is 2.24. The fourth-order valence-electron chi connectivity index (χ4n) is 1.34. The summed E-state index contributed by atoms with van der Waals surface area (Å²) in [6.07, 6.45) is 9.63. The quantitative estimate of drug-likeness (QED) is 0.511. The Balaban J connectivity index is 2.92. The first-order valence-electron chi connectivity index (χ1n) is 4.33. The minimum Gasteiger partial charge on any atom is -0.369 e. The van der Waals surface area contributed by atoms with E-state index in [1.165, 1.54) is 13.0 Å². The molecule has 0 saturated carbocycles. The molecule has 0 heterocycles. The third kappa shape index (κ3) is 2.29. The first-order valence-corrected chi connectivity index (χ1v) is 4.33. The molecule has 0 aliphatic heterocycles. The normalized spacial score (nSPS) is 26.6. The van der Waals surface area contributed by atoms with Crippen molar-refractivity contribution in [3.8, 4) is 0 Å². The van der Waals surface area contributed by atoms with Gasteiger partial charge in [-0.15, -0.1) is 0 Å². The molecule has 4 heteroatoms. The van der Waals surface area contributed by atoms with Gasteiger partial charge in [-0.25, -0.2) is 0 Å². The Morgan fingerprint density at radius 2 is 2.36 bits per heavy atom. The van der Waals surface area contributed by atoms with E-state index in [4.69, 9.17) is 4.74 Å². The van der Waals surface area contributed by atoms with E-state index in [2.05, 4.69) is 0 Å². The monoisotopic (exact) mass is 195 g/mol. The molecular formula is C10H13NO3. The molecule has 0 aromatic rings. The molecule has 0 amide bonds. The molecule has 1 unspecified atom stereocenters. The van der Waals surface area contributed by atoms with Crippen LogP contribution in [0, 0.1) is 10.1 Å². The number of allylic oxidation sites excluding steroid dienone is 3. The Kier molecular flexibility index (Phi) is 3.19. The molecule has 4 nitrogen and oxygen atoms in total. The minimum atomic E-state index is -0.647. The molecule has 0 bridgehead atoms. The molecule has 1 atom stereocenters. The molecule has 0 saturated heterocycles. The Hall–Kier alpha value is -1.42. The molecule has 0 aromatic carbocycles. The summed E-state index contributed by atoms with van der Waals surface area (Å²) in [4.78, 5) is 10.1. The molecule has 0 aromatic heterocycles. The van der Waals surface area contributed by atoms with Crippen molar-refractivity contribution in [2.45, 2.75) is 18.9 Å². The van der Waals surface area contributed by atoms with Crippen molar-refractivity contribution < 1.29 is 9.66 Å². The lowest BCUT2D eigenvalue weighted by molar-refractivity contribution is -0.425. The van der Waals surface area contributed by atoms with Crippen LogP contribution in [0.1, 0.15) is 13.3 Å². The highest BCUT2D eigenvalue weighted by atomic mass is 16.6. The van der Waals surface area contributed by atoms with Crippen molar-refractivity contribution >= 4 is 0 Å². The van der Waals surface area contributed by atoms with Crippen LogP contribution in [-0.4, -0.2) is 17.6 Å². The SMILES string of the molecule is COC1(C=C(C)[N+](=O)[O-])C=CC=CC1. The second-order valence-electron chi connectivity index (χ2n) is 3.19. The fourth-order valence-corrected chi connectivity index (χ4v) is 1.34. The summed E-state index contributed by atoms with van der Waals surface area (Å²) in [6.45, 7) is 1.47. The summed E-state index contributed by atoms with van der Waals surface area (Å²) in [5.41, 5.74) is -0.543. The van der Waals surface area contributed by atoms with Crippen LogP contribution >= 0.6 is 0 Å². The maximum Gasteiger partial charge on any atom is 0.242 e. The first-order chi connectivity index (χ1) is 6.59. The van der Waals surface area contributed by atoms with Gasteiger partial charge in [0.2, 0.25) is 5.70 Å². The fraction of sp³-hybridized carbons (Fsp3) is 0.400. The first kappa shape index (κ1) is 10.7. The van der Waals surface area contributed by atoms with Crippen molar-refractivity contribution in [1.29, 1.82) is 0 Å². The van der Waals surface area contributed by atoms with E-state index >= 15 is 0 Å². The van der Waals surface area contributed by atoms with Crippen LogP contribution in [0.2, 0.25) is 0 Å². The van der Waals surface area contributed by atoms with Gasteiger partial charge in [0.25, 0.3) is 0 Å². The lowest BCUT2D eigenvalue weighted by Crippen LogP contribution is -2.27. The third-order valence-electron chi connectivity index (χ3n) is 2.18. The van der Waals surface area contributed by atoms with E-state index in [-0.39, 0.29) is 5.70 Å². The number of hydrogen-bond acceptors (Lipinski definition) is 3. The summed E-state index contributed by atoms with van der Waals surface area (Å²) in [5.74, 6) is 0. The van der Waals surface area contributed by atoms with Gasteiger partial charge in [-0.3, -0.25) is 10.1 Å². The number of nitrogens with zero attached hydrogens (tertiary/aromatic N) is 1. The van der Waals surface area contributed by atoms with Crippen LogP contribution in [0.4, 0.5) is 0 Å². The molecule has 1 rings (SSSR count). The van der Waals surface area contributed by atoms with E-state index in [0.717, 1.165) is 0 Å². The average Bonchev–Trinajstić information content (AvgIpc) is 2.19. The molecule has 0 radical (unpaired) electrons. The van der Waals surface area contributed by atoms with Crippen molar-refractivity contribution in [2.75, 3.05) is 7.11 Å². The van der Waals surface area contributed by atoms with Crippen molar-refractivity contribution in [3.63, 3.8) is 0 Å². The highest BCUT2D eigenvalue weighted by Gasteiger charge is 2.26. The zero-order chi connectivity index (χ0) is 10.6. The number of methoxy groups -OCH3 is 1. The summed E-state index contributed by atoms with van der Waals surface area (Å²) in [7, 11) is 1.55. The number of ether oxygens (including phenoxy) is 1. The number of hydrogen-bond donors (Lipinski definition) is 0. The smallest absolute Gasteiger partial charge is 0.242 e.